The molecular formula is C16H24N2. The molecule has 98 valence electrons. The first kappa shape index (κ1) is 12.2. The van der Waals surface area contributed by atoms with Gasteiger partial charge in [0.2, 0.25) is 0 Å². The average molecular weight is 244 g/mol. The van der Waals surface area contributed by atoms with Crippen LogP contribution in [0.4, 0.5) is 0 Å². The molecule has 0 aliphatic heterocycles. The van der Waals surface area contributed by atoms with Crippen LogP contribution in [0.2, 0.25) is 0 Å². The number of rotatable bonds is 1. The van der Waals surface area contributed by atoms with Crippen molar-refractivity contribution in [1.82, 2.24) is 4.98 Å². The SMILES string of the molecule is CC1CCC(N)(C2CCc3cccnc32)CC1C. The molecule has 2 nitrogen and oxygen atoms in total. The fourth-order valence-electron chi connectivity index (χ4n) is 3.97. The standard InChI is InChI=1S/C16H24N2/c1-11-7-8-16(17,10-12(11)2)14-6-5-13-4-3-9-18-15(13)14/h3-4,9,11-12,14H,5-8,10,17H2,1-2H3. The Kier molecular flexibility index (Phi) is 2.93. The predicted molar refractivity (Wildman–Crippen MR) is 74.4 cm³/mol. The monoisotopic (exact) mass is 244 g/mol. The van der Waals surface area contributed by atoms with Crippen molar-refractivity contribution < 1.29 is 0 Å². The average Bonchev–Trinajstić information content (AvgIpc) is 2.79. The van der Waals surface area contributed by atoms with E-state index in [2.05, 4.69) is 31.0 Å². The number of nitrogens with zero attached hydrogens (tertiary/aromatic N) is 1. The van der Waals surface area contributed by atoms with Gasteiger partial charge in [-0.3, -0.25) is 4.98 Å². The summed E-state index contributed by atoms with van der Waals surface area (Å²) in [5.74, 6) is 2.06. The van der Waals surface area contributed by atoms with Crippen molar-refractivity contribution in [3.05, 3.63) is 29.6 Å². The minimum absolute atomic E-state index is 0.00840. The van der Waals surface area contributed by atoms with Gasteiger partial charge in [-0.15, -0.1) is 0 Å². The van der Waals surface area contributed by atoms with E-state index in [0.717, 1.165) is 24.7 Å². The minimum atomic E-state index is -0.00840. The predicted octanol–water partition coefficient (Wildman–Crippen LogP) is 3.27. The Balaban J connectivity index is 1.88. The van der Waals surface area contributed by atoms with Crippen LogP contribution in [-0.4, -0.2) is 10.5 Å². The molecule has 0 amide bonds. The quantitative estimate of drug-likeness (QED) is 0.823. The van der Waals surface area contributed by atoms with E-state index in [-0.39, 0.29) is 5.54 Å². The van der Waals surface area contributed by atoms with E-state index < -0.39 is 0 Å². The molecule has 1 heterocycles. The molecule has 1 fully saturated rings. The third kappa shape index (κ3) is 1.87. The molecule has 2 N–H and O–H groups in total. The number of nitrogens with two attached hydrogens (primary N) is 1. The summed E-state index contributed by atoms with van der Waals surface area (Å²) in [4.78, 5) is 4.63. The van der Waals surface area contributed by atoms with Gasteiger partial charge in [0.1, 0.15) is 0 Å². The Morgan fingerprint density at radius 1 is 1.28 bits per heavy atom. The number of aryl methyl sites for hydroxylation is 1. The molecule has 18 heavy (non-hydrogen) atoms. The third-order valence-electron chi connectivity index (χ3n) is 5.39. The van der Waals surface area contributed by atoms with Crippen molar-refractivity contribution in [3.8, 4) is 0 Å². The van der Waals surface area contributed by atoms with Gasteiger partial charge in [0.25, 0.3) is 0 Å². The molecule has 2 aliphatic rings. The highest BCUT2D eigenvalue weighted by Crippen LogP contribution is 2.47. The molecule has 2 aliphatic carbocycles. The fraction of sp³-hybridized carbons (Fsp3) is 0.688. The Morgan fingerprint density at radius 3 is 2.89 bits per heavy atom. The molecule has 0 spiro atoms. The van der Waals surface area contributed by atoms with Crippen LogP contribution in [0.15, 0.2) is 18.3 Å². The topological polar surface area (TPSA) is 38.9 Å². The minimum Gasteiger partial charge on any atom is -0.324 e. The maximum absolute atomic E-state index is 6.79. The normalized spacial score (nSPS) is 39.6. The van der Waals surface area contributed by atoms with Gasteiger partial charge in [-0.2, -0.15) is 0 Å². The van der Waals surface area contributed by atoms with Crippen molar-refractivity contribution in [2.24, 2.45) is 17.6 Å². The van der Waals surface area contributed by atoms with Crippen LogP contribution in [0.5, 0.6) is 0 Å². The van der Waals surface area contributed by atoms with Crippen LogP contribution in [0, 0.1) is 11.8 Å². The van der Waals surface area contributed by atoms with Crippen LogP contribution in [0.3, 0.4) is 0 Å². The summed E-state index contributed by atoms with van der Waals surface area (Å²) in [6, 6.07) is 4.27. The Labute approximate surface area is 110 Å². The van der Waals surface area contributed by atoms with Crippen LogP contribution in [-0.2, 0) is 6.42 Å². The first-order valence-electron chi connectivity index (χ1n) is 7.33. The lowest BCUT2D eigenvalue weighted by Crippen LogP contribution is -2.50. The Hall–Kier alpha value is -0.890. The highest BCUT2D eigenvalue weighted by atomic mass is 14.8. The smallest absolute Gasteiger partial charge is 0.0484 e. The Bertz CT molecular complexity index is 442. The van der Waals surface area contributed by atoms with Crippen LogP contribution < -0.4 is 5.73 Å². The molecule has 4 atom stereocenters. The highest BCUT2D eigenvalue weighted by Gasteiger charge is 2.44. The zero-order valence-corrected chi connectivity index (χ0v) is 11.5. The summed E-state index contributed by atoms with van der Waals surface area (Å²) < 4.78 is 0. The number of aromatic nitrogens is 1. The second-order valence-corrected chi connectivity index (χ2v) is 6.57. The molecule has 0 saturated heterocycles. The lowest BCUT2D eigenvalue weighted by molar-refractivity contribution is 0.149. The largest absolute Gasteiger partial charge is 0.324 e. The second-order valence-electron chi connectivity index (χ2n) is 6.57. The van der Waals surface area contributed by atoms with Gasteiger partial charge in [-0.05, 0) is 55.6 Å². The van der Waals surface area contributed by atoms with Crippen molar-refractivity contribution >= 4 is 0 Å². The van der Waals surface area contributed by atoms with E-state index in [1.165, 1.54) is 30.5 Å². The van der Waals surface area contributed by atoms with Crippen LogP contribution >= 0.6 is 0 Å². The van der Waals surface area contributed by atoms with Crippen molar-refractivity contribution in [3.63, 3.8) is 0 Å². The maximum atomic E-state index is 6.79. The van der Waals surface area contributed by atoms with E-state index in [0.29, 0.717) is 5.92 Å². The second kappa shape index (κ2) is 4.34. The molecule has 2 heteroatoms. The zero-order chi connectivity index (χ0) is 12.8. The van der Waals surface area contributed by atoms with E-state index >= 15 is 0 Å². The number of fused-ring (bicyclic) bond motifs is 1. The van der Waals surface area contributed by atoms with Crippen molar-refractivity contribution in [1.29, 1.82) is 0 Å². The van der Waals surface area contributed by atoms with Gasteiger partial charge in [0.15, 0.2) is 0 Å². The lowest BCUT2D eigenvalue weighted by Gasteiger charge is -2.44. The molecule has 0 bridgehead atoms. The third-order valence-corrected chi connectivity index (χ3v) is 5.39. The van der Waals surface area contributed by atoms with Gasteiger partial charge in [0, 0.05) is 23.3 Å². The summed E-state index contributed by atoms with van der Waals surface area (Å²) in [5.41, 5.74) is 9.51. The van der Waals surface area contributed by atoms with Gasteiger partial charge >= 0.3 is 0 Å². The lowest BCUT2D eigenvalue weighted by atomic mass is 9.66. The molecule has 1 aromatic heterocycles. The first-order chi connectivity index (χ1) is 8.60. The van der Waals surface area contributed by atoms with Crippen molar-refractivity contribution in [2.45, 2.75) is 57.4 Å². The summed E-state index contributed by atoms with van der Waals surface area (Å²) in [6.45, 7) is 4.73. The number of hydrogen-bond donors (Lipinski definition) is 1. The summed E-state index contributed by atoms with van der Waals surface area (Å²) in [7, 11) is 0. The summed E-state index contributed by atoms with van der Waals surface area (Å²) in [5, 5.41) is 0. The summed E-state index contributed by atoms with van der Waals surface area (Å²) in [6.07, 6.45) is 7.89. The molecule has 0 aromatic carbocycles. The van der Waals surface area contributed by atoms with Gasteiger partial charge in [-0.25, -0.2) is 0 Å². The maximum Gasteiger partial charge on any atom is 0.0484 e. The van der Waals surface area contributed by atoms with Crippen LogP contribution in [0.1, 0.15) is 56.7 Å². The van der Waals surface area contributed by atoms with E-state index in [1.54, 1.807) is 0 Å². The van der Waals surface area contributed by atoms with E-state index in [1.807, 2.05) is 6.20 Å². The molecular weight excluding hydrogens is 220 g/mol. The van der Waals surface area contributed by atoms with Gasteiger partial charge in [-0.1, -0.05) is 19.9 Å². The van der Waals surface area contributed by atoms with Gasteiger partial charge in [0.05, 0.1) is 0 Å². The Morgan fingerprint density at radius 2 is 2.11 bits per heavy atom. The molecule has 3 rings (SSSR count). The number of pyridine rings is 1. The van der Waals surface area contributed by atoms with E-state index in [9.17, 15) is 0 Å². The molecule has 4 unspecified atom stereocenters. The van der Waals surface area contributed by atoms with E-state index in [4.69, 9.17) is 5.73 Å². The van der Waals surface area contributed by atoms with Crippen LogP contribution in [0.25, 0.3) is 0 Å². The first-order valence-corrected chi connectivity index (χ1v) is 7.33. The fourth-order valence-corrected chi connectivity index (χ4v) is 3.97. The van der Waals surface area contributed by atoms with Crippen molar-refractivity contribution in [2.75, 3.05) is 0 Å². The zero-order valence-electron chi connectivity index (χ0n) is 11.5. The molecule has 1 aromatic rings. The highest BCUT2D eigenvalue weighted by molar-refractivity contribution is 5.32. The molecule has 1 saturated carbocycles. The van der Waals surface area contributed by atoms with Gasteiger partial charge < -0.3 is 5.73 Å². The number of hydrogen-bond acceptors (Lipinski definition) is 2. The summed E-state index contributed by atoms with van der Waals surface area (Å²) >= 11 is 0. The molecule has 0 radical (unpaired) electrons.